The molecule has 1 aromatic heterocycles. The number of aromatic nitrogens is 1. The Bertz CT molecular complexity index is 744. The molecule has 1 amide bonds. The molecule has 0 bridgehead atoms. The number of likely N-dealkylation sites (tertiary alicyclic amines) is 2. The summed E-state index contributed by atoms with van der Waals surface area (Å²) >= 11 is 1.72. The minimum Gasteiger partial charge on any atom is -0.341 e. The first-order chi connectivity index (χ1) is 12.7. The molecule has 1 aromatic carbocycles. The Morgan fingerprint density at radius 1 is 1.12 bits per heavy atom. The van der Waals surface area contributed by atoms with Crippen molar-refractivity contribution in [3.05, 3.63) is 52.0 Å². The molecule has 2 aliphatic heterocycles. The van der Waals surface area contributed by atoms with Crippen molar-refractivity contribution in [3.63, 3.8) is 0 Å². The minimum atomic E-state index is -0.0591. The highest BCUT2D eigenvalue weighted by atomic mass is 32.1. The van der Waals surface area contributed by atoms with Crippen molar-refractivity contribution >= 4 is 17.2 Å². The molecule has 2 fully saturated rings. The molecule has 4 rings (SSSR count). The number of rotatable bonds is 4. The average Bonchev–Trinajstić information content (AvgIpc) is 3.34. The zero-order valence-corrected chi connectivity index (χ0v) is 16.3. The van der Waals surface area contributed by atoms with Gasteiger partial charge in [0.1, 0.15) is 0 Å². The van der Waals surface area contributed by atoms with Crippen LogP contribution in [0.25, 0.3) is 0 Å². The van der Waals surface area contributed by atoms with E-state index in [1.165, 1.54) is 24.1 Å². The van der Waals surface area contributed by atoms with Crippen LogP contribution in [-0.4, -0.2) is 53.4 Å². The number of nitrogens with zero attached hydrogens (tertiary/aromatic N) is 3. The van der Waals surface area contributed by atoms with Crippen LogP contribution < -0.4 is 0 Å². The van der Waals surface area contributed by atoms with Gasteiger partial charge < -0.3 is 4.90 Å². The monoisotopic (exact) mass is 369 g/mol. The Balaban J connectivity index is 1.52. The normalized spacial score (nSPS) is 20.4. The van der Waals surface area contributed by atoms with Gasteiger partial charge in [0, 0.05) is 23.9 Å². The van der Waals surface area contributed by atoms with Gasteiger partial charge in [0.05, 0.1) is 17.2 Å². The van der Waals surface area contributed by atoms with Crippen LogP contribution in [0.5, 0.6) is 0 Å². The van der Waals surface area contributed by atoms with Crippen molar-refractivity contribution in [3.8, 4) is 0 Å². The molecule has 0 aliphatic carbocycles. The van der Waals surface area contributed by atoms with E-state index in [4.69, 9.17) is 4.98 Å². The predicted octanol–water partition coefficient (Wildman–Crippen LogP) is 3.46. The van der Waals surface area contributed by atoms with Gasteiger partial charge in [0.2, 0.25) is 5.91 Å². The quantitative estimate of drug-likeness (QED) is 0.828. The maximum Gasteiger partial charge on any atom is 0.236 e. The highest BCUT2D eigenvalue weighted by Gasteiger charge is 2.40. The van der Waals surface area contributed by atoms with Crippen molar-refractivity contribution in [2.24, 2.45) is 0 Å². The zero-order valence-electron chi connectivity index (χ0n) is 15.5. The number of aryl methyl sites for hydroxylation is 1. The van der Waals surface area contributed by atoms with Gasteiger partial charge in [0.15, 0.2) is 0 Å². The number of thiazole rings is 1. The molecule has 5 heteroatoms. The predicted molar refractivity (Wildman–Crippen MR) is 106 cm³/mol. The zero-order chi connectivity index (χ0) is 18.0. The average molecular weight is 370 g/mol. The van der Waals surface area contributed by atoms with Gasteiger partial charge in [-0.25, -0.2) is 4.98 Å². The lowest BCUT2D eigenvalue weighted by Gasteiger charge is -2.41. The standard InChI is InChI=1S/C21H27N3OS/c1-17-22-19(16-26-17)21(18-7-3-2-4-8-18)9-13-24(14-10-21)20(25)15-23-11-5-6-12-23/h2-4,7-8,16H,5-6,9-15H2,1H3. The largest absolute Gasteiger partial charge is 0.341 e. The molecule has 0 atom stereocenters. The highest BCUT2D eigenvalue weighted by Crippen LogP contribution is 2.41. The molecule has 0 radical (unpaired) electrons. The van der Waals surface area contributed by atoms with Gasteiger partial charge in [0.25, 0.3) is 0 Å². The molecule has 2 saturated heterocycles. The van der Waals surface area contributed by atoms with Crippen molar-refractivity contribution in [2.45, 2.75) is 38.0 Å². The summed E-state index contributed by atoms with van der Waals surface area (Å²) in [5.41, 5.74) is 2.45. The number of hydrogen-bond acceptors (Lipinski definition) is 4. The molecule has 3 heterocycles. The topological polar surface area (TPSA) is 36.4 Å². The van der Waals surface area contributed by atoms with Crippen molar-refractivity contribution in [2.75, 3.05) is 32.7 Å². The van der Waals surface area contributed by atoms with Crippen molar-refractivity contribution in [1.82, 2.24) is 14.8 Å². The van der Waals surface area contributed by atoms with Gasteiger partial charge in [-0.1, -0.05) is 30.3 Å². The second-order valence-corrected chi connectivity index (χ2v) is 8.63. The Labute approximate surface area is 159 Å². The van der Waals surface area contributed by atoms with E-state index in [0.29, 0.717) is 12.5 Å². The Morgan fingerprint density at radius 2 is 1.81 bits per heavy atom. The van der Waals surface area contributed by atoms with E-state index >= 15 is 0 Å². The van der Waals surface area contributed by atoms with Crippen LogP contribution in [0.15, 0.2) is 35.7 Å². The van der Waals surface area contributed by atoms with Gasteiger partial charge in [-0.15, -0.1) is 11.3 Å². The lowest BCUT2D eigenvalue weighted by atomic mass is 9.70. The van der Waals surface area contributed by atoms with Crippen LogP contribution in [-0.2, 0) is 10.2 Å². The first-order valence-electron chi connectivity index (χ1n) is 9.66. The van der Waals surface area contributed by atoms with Gasteiger partial charge in [-0.2, -0.15) is 0 Å². The van der Waals surface area contributed by atoms with Crippen molar-refractivity contribution < 1.29 is 4.79 Å². The first-order valence-corrected chi connectivity index (χ1v) is 10.5. The molecule has 0 N–H and O–H groups in total. The second-order valence-electron chi connectivity index (χ2n) is 7.56. The summed E-state index contributed by atoms with van der Waals surface area (Å²) in [6.07, 6.45) is 4.36. The Morgan fingerprint density at radius 3 is 2.42 bits per heavy atom. The second kappa shape index (κ2) is 7.49. The van der Waals surface area contributed by atoms with Crippen LogP contribution in [0.4, 0.5) is 0 Å². The fourth-order valence-electron chi connectivity index (χ4n) is 4.40. The summed E-state index contributed by atoms with van der Waals surface area (Å²) < 4.78 is 0. The van der Waals surface area contributed by atoms with E-state index in [0.717, 1.165) is 44.0 Å². The summed E-state index contributed by atoms with van der Waals surface area (Å²) in [5.74, 6) is 0.294. The third-order valence-corrected chi connectivity index (χ3v) is 6.74. The smallest absolute Gasteiger partial charge is 0.236 e. The molecular formula is C21H27N3OS. The number of hydrogen-bond donors (Lipinski definition) is 0. The first kappa shape index (κ1) is 17.7. The van der Waals surface area contributed by atoms with Crippen LogP contribution in [0.3, 0.4) is 0 Å². The molecule has 138 valence electrons. The Kier molecular flexibility index (Phi) is 5.09. The van der Waals surface area contributed by atoms with E-state index in [-0.39, 0.29) is 5.41 Å². The number of carbonyl (C=O) groups excluding carboxylic acids is 1. The van der Waals surface area contributed by atoms with Gasteiger partial charge in [-0.05, 0) is 51.3 Å². The SMILES string of the molecule is Cc1nc(C2(c3ccccc3)CCN(C(=O)CN3CCCC3)CC2)cs1. The number of carbonyl (C=O) groups is 1. The van der Waals surface area contributed by atoms with Gasteiger partial charge >= 0.3 is 0 Å². The summed E-state index contributed by atoms with van der Waals surface area (Å²) in [5, 5.41) is 3.33. The van der Waals surface area contributed by atoms with Gasteiger partial charge in [-0.3, -0.25) is 9.69 Å². The summed E-state index contributed by atoms with van der Waals surface area (Å²) in [6.45, 7) is 6.45. The molecule has 4 nitrogen and oxygen atoms in total. The lowest BCUT2D eigenvalue weighted by Crippen LogP contribution is -2.48. The Hall–Kier alpha value is -1.72. The summed E-state index contributed by atoms with van der Waals surface area (Å²) in [6, 6.07) is 10.7. The number of piperidine rings is 1. The third-order valence-electron chi connectivity index (χ3n) is 5.96. The van der Waals surface area contributed by atoms with E-state index in [1.807, 2.05) is 0 Å². The number of benzene rings is 1. The molecule has 0 unspecified atom stereocenters. The summed E-state index contributed by atoms with van der Waals surface area (Å²) in [4.78, 5) is 21.9. The van der Waals surface area contributed by atoms with E-state index in [1.54, 1.807) is 11.3 Å². The van der Waals surface area contributed by atoms with Crippen LogP contribution in [0.2, 0.25) is 0 Å². The molecule has 2 aliphatic rings. The highest BCUT2D eigenvalue weighted by molar-refractivity contribution is 7.09. The maximum atomic E-state index is 12.7. The minimum absolute atomic E-state index is 0.0591. The fraction of sp³-hybridized carbons (Fsp3) is 0.524. The van der Waals surface area contributed by atoms with E-state index in [2.05, 4.69) is 52.4 Å². The fourth-order valence-corrected chi connectivity index (χ4v) is 5.11. The molecule has 0 saturated carbocycles. The van der Waals surface area contributed by atoms with E-state index < -0.39 is 0 Å². The molecule has 26 heavy (non-hydrogen) atoms. The third kappa shape index (κ3) is 3.42. The molecule has 2 aromatic rings. The lowest BCUT2D eigenvalue weighted by molar-refractivity contribution is -0.133. The maximum absolute atomic E-state index is 12.7. The van der Waals surface area contributed by atoms with Crippen LogP contribution >= 0.6 is 11.3 Å². The van der Waals surface area contributed by atoms with Crippen molar-refractivity contribution in [1.29, 1.82) is 0 Å². The van der Waals surface area contributed by atoms with Crippen LogP contribution in [0, 0.1) is 6.92 Å². The molecule has 0 spiro atoms. The van der Waals surface area contributed by atoms with Crippen LogP contribution in [0.1, 0.15) is 41.9 Å². The number of amides is 1. The summed E-state index contributed by atoms with van der Waals surface area (Å²) in [7, 11) is 0. The molecular weight excluding hydrogens is 342 g/mol. The van der Waals surface area contributed by atoms with E-state index in [9.17, 15) is 4.79 Å².